The van der Waals surface area contributed by atoms with Crippen LogP contribution in [0.4, 0.5) is 5.69 Å². The Kier molecular flexibility index (Phi) is 4.11. The van der Waals surface area contributed by atoms with E-state index < -0.39 is 5.38 Å². The van der Waals surface area contributed by atoms with Crippen LogP contribution in [-0.4, -0.2) is 40.2 Å². The molecule has 1 aliphatic rings. The highest BCUT2D eigenvalue weighted by Crippen LogP contribution is 2.19. The molecule has 2 heterocycles. The number of alkyl halides is 1. The van der Waals surface area contributed by atoms with E-state index in [9.17, 15) is 4.79 Å². The number of rotatable bonds is 3. The number of aryl methyl sites for hydroxylation is 1. The van der Waals surface area contributed by atoms with E-state index in [0.29, 0.717) is 0 Å². The zero-order chi connectivity index (χ0) is 13.1. The molecule has 0 aromatic carbocycles. The van der Waals surface area contributed by atoms with Crippen molar-refractivity contribution in [3.63, 3.8) is 0 Å². The van der Waals surface area contributed by atoms with Crippen LogP contribution in [0, 0.1) is 0 Å². The molecule has 5 nitrogen and oxygen atoms in total. The van der Waals surface area contributed by atoms with E-state index in [1.807, 2.05) is 19.4 Å². The third-order valence-corrected chi connectivity index (χ3v) is 3.38. The Morgan fingerprint density at radius 2 is 2.44 bits per heavy atom. The van der Waals surface area contributed by atoms with Crippen LogP contribution in [0.25, 0.3) is 0 Å². The number of aromatic nitrogens is 2. The van der Waals surface area contributed by atoms with Crippen molar-refractivity contribution in [1.29, 1.82) is 0 Å². The third kappa shape index (κ3) is 3.16. The molecule has 1 saturated heterocycles. The van der Waals surface area contributed by atoms with E-state index >= 15 is 0 Å². The molecule has 0 bridgehead atoms. The van der Waals surface area contributed by atoms with Crippen LogP contribution in [0.3, 0.4) is 0 Å². The van der Waals surface area contributed by atoms with Gasteiger partial charge in [0.15, 0.2) is 0 Å². The molecular weight excluding hydrogens is 252 g/mol. The van der Waals surface area contributed by atoms with Gasteiger partial charge < -0.3 is 10.2 Å². The first-order chi connectivity index (χ1) is 8.56. The Morgan fingerprint density at radius 3 is 3.06 bits per heavy atom. The molecule has 6 heteroatoms. The van der Waals surface area contributed by atoms with Crippen LogP contribution in [0.5, 0.6) is 0 Å². The quantitative estimate of drug-likeness (QED) is 0.838. The maximum Gasteiger partial charge on any atom is 0.238 e. The average Bonchev–Trinajstić information content (AvgIpc) is 2.76. The van der Waals surface area contributed by atoms with Gasteiger partial charge in [-0.3, -0.25) is 9.48 Å². The zero-order valence-corrected chi connectivity index (χ0v) is 11.5. The van der Waals surface area contributed by atoms with Gasteiger partial charge in [-0.25, -0.2) is 0 Å². The van der Waals surface area contributed by atoms with Gasteiger partial charge in [0.25, 0.3) is 0 Å². The van der Waals surface area contributed by atoms with Gasteiger partial charge in [0.1, 0.15) is 5.38 Å². The average molecular weight is 271 g/mol. The third-order valence-electron chi connectivity index (χ3n) is 3.19. The predicted octanol–water partition coefficient (Wildman–Crippen LogP) is 1.13. The van der Waals surface area contributed by atoms with Crippen LogP contribution < -0.4 is 10.2 Å². The summed E-state index contributed by atoms with van der Waals surface area (Å²) in [6.45, 7) is 3.52. The second-order valence-corrected chi connectivity index (χ2v) is 5.44. The molecule has 1 amide bonds. The van der Waals surface area contributed by atoms with E-state index in [1.54, 1.807) is 11.6 Å². The minimum Gasteiger partial charge on any atom is -0.367 e. The largest absolute Gasteiger partial charge is 0.367 e. The number of halogens is 1. The van der Waals surface area contributed by atoms with Gasteiger partial charge in [-0.1, -0.05) is 0 Å². The standard InChI is InChI=1S/C12H19ClN4O/c1-9(13)12(18)15-10-4-3-5-17(7-10)11-6-14-16(2)8-11/h6,8-10H,3-5,7H2,1-2H3,(H,15,18). The molecule has 1 N–H and O–H groups in total. The summed E-state index contributed by atoms with van der Waals surface area (Å²) in [7, 11) is 1.90. The molecule has 2 unspecified atom stereocenters. The van der Waals surface area contributed by atoms with Crippen molar-refractivity contribution in [3.8, 4) is 0 Å². The summed E-state index contributed by atoms with van der Waals surface area (Å²) in [5.41, 5.74) is 1.11. The van der Waals surface area contributed by atoms with E-state index in [-0.39, 0.29) is 11.9 Å². The smallest absolute Gasteiger partial charge is 0.238 e. The summed E-state index contributed by atoms with van der Waals surface area (Å²) in [5.74, 6) is -0.0882. The fraction of sp³-hybridized carbons (Fsp3) is 0.667. The van der Waals surface area contributed by atoms with Crippen molar-refractivity contribution in [2.45, 2.75) is 31.2 Å². The molecule has 0 radical (unpaired) electrons. The van der Waals surface area contributed by atoms with Gasteiger partial charge in [-0.15, -0.1) is 11.6 Å². The minimum atomic E-state index is -0.473. The van der Waals surface area contributed by atoms with Gasteiger partial charge in [0.2, 0.25) is 5.91 Å². The van der Waals surface area contributed by atoms with Crippen LogP contribution in [0.2, 0.25) is 0 Å². The van der Waals surface area contributed by atoms with E-state index in [2.05, 4.69) is 15.3 Å². The second kappa shape index (κ2) is 5.61. The number of hydrogen-bond acceptors (Lipinski definition) is 3. The number of nitrogens with zero attached hydrogens (tertiary/aromatic N) is 3. The lowest BCUT2D eigenvalue weighted by atomic mass is 10.1. The molecule has 2 rings (SSSR count). The van der Waals surface area contributed by atoms with Crippen LogP contribution >= 0.6 is 11.6 Å². The molecule has 100 valence electrons. The highest BCUT2D eigenvalue weighted by molar-refractivity contribution is 6.30. The molecule has 0 saturated carbocycles. The van der Waals surface area contributed by atoms with E-state index in [1.165, 1.54) is 0 Å². The number of carbonyl (C=O) groups excluding carboxylic acids is 1. The Morgan fingerprint density at radius 1 is 1.67 bits per heavy atom. The van der Waals surface area contributed by atoms with Crippen molar-refractivity contribution in [3.05, 3.63) is 12.4 Å². The summed E-state index contributed by atoms with van der Waals surface area (Å²) in [5, 5.41) is 6.68. The molecule has 2 atom stereocenters. The molecule has 18 heavy (non-hydrogen) atoms. The molecule has 0 aliphatic carbocycles. The first-order valence-corrected chi connectivity index (χ1v) is 6.68. The SMILES string of the molecule is CC(Cl)C(=O)NC1CCCN(c2cnn(C)c2)C1. The molecule has 0 spiro atoms. The number of anilines is 1. The number of nitrogens with one attached hydrogen (secondary N) is 1. The molecule has 1 aromatic rings. The number of piperidine rings is 1. The summed E-state index contributed by atoms with van der Waals surface area (Å²) in [6, 6.07) is 0.174. The predicted molar refractivity (Wildman–Crippen MR) is 71.9 cm³/mol. The number of hydrogen-bond donors (Lipinski definition) is 1. The number of carbonyl (C=O) groups is 1. The Labute approximate surface area is 112 Å². The van der Waals surface area contributed by atoms with Gasteiger partial charge in [-0.05, 0) is 19.8 Å². The van der Waals surface area contributed by atoms with E-state index in [4.69, 9.17) is 11.6 Å². The van der Waals surface area contributed by atoms with Crippen molar-refractivity contribution >= 4 is 23.2 Å². The van der Waals surface area contributed by atoms with Crippen LogP contribution in [-0.2, 0) is 11.8 Å². The Bertz CT molecular complexity index is 418. The highest BCUT2D eigenvalue weighted by Gasteiger charge is 2.23. The topological polar surface area (TPSA) is 50.2 Å². The molecule has 1 aromatic heterocycles. The van der Waals surface area contributed by atoms with Crippen molar-refractivity contribution in [1.82, 2.24) is 15.1 Å². The zero-order valence-electron chi connectivity index (χ0n) is 10.8. The summed E-state index contributed by atoms with van der Waals surface area (Å²) in [6.07, 6.45) is 5.92. The highest BCUT2D eigenvalue weighted by atomic mass is 35.5. The fourth-order valence-electron chi connectivity index (χ4n) is 2.22. The summed E-state index contributed by atoms with van der Waals surface area (Å²) in [4.78, 5) is 13.8. The summed E-state index contributed by atoms with van der Waals surface area (Å²) >= 11 is 5.77. The molecule has 1 aliphatic heterocycles. The normalized spacial score (nSPS) is 21.7. The van der Waals surface area contributed by atoms with E-state index in [0.717, 1.165) is 31.6 Å². The lowest BCUT2D eigenvalue weighted by molar-refractivity contribution is -0.121. The Balaban J connectivity index is 1.94. The van der Waals surface area contributed by atoms with Gasteiger partial charge in [0, 0.05) is 32.4 Å². The molecular formula is C12H19ClN4O. The molecule has 1 fully saturated rings. The summed E-state index contributed by atoms with van der Waals surface area (Å²) < 4.78 is 1.79. The lowest BCUT2D eigenvalue weighted by Gasteiger charge is -2.34. The van der Waals surface area contributed by atoms with Gasteiger partial charge in [0.05, 0.1) is 11.9 Å². The maximum atomic E-state index is 11.6. The number of amides is 1. The van der Waals surface area contributed by atoms with Crippen molar-refractivity contribution in [2.75, 3.05) is 18.0 Å². The second-order valence-electron chi connectivity index (χ2n) is 4.78. The lowest BCUT2D eigenvalue weighted by Crippen LogP contribution is -2.49. The first-order valence-electron chi connectivity index (χ1n) is 6.24. The Hall–Kier alpha value is -1.23. The van der Waals surface area contributed by atoms with Crippen LogP contribution in [0.15, 0.2) is 12.4 Å². The van der Waals surface area contributed by atoms with Crippen LogP contribution in [0.1, 0.15) is 19.8 Å². The maximum absolute atomic E-state index is 11.6. The van der Waals surface area contributed by atoms with Crippen molar-refractivity contribution < 1.29 is 4.79 Å². The van der Waals surface area contributed by atoms with Gasteiger partial charge in [-0.2, -0.15) is 5.10 Å². The van der Waals surface area contributed by atoms with Crippen molar-refractivity contribution in [2.24, 2.45) is 7.05 Å². The minimum absolute atomic E-state index is 0.0882. The first kappa shape index (κ1) is 13.2. The van der Waals surface area contributed by atoms with Gasteiger partial charge >= 0.3 is 0 Å². The monoisotopic (exact) mass is 270 g/mol. The fourth-order valence-corrected chi connectivity index (χ4v) is 2.28.